The number of pyridine rings is 1. The molecule has 1 aromatic heterocycles. The van der Waals surface area contributed by atoms with Crippen LogP contribution in [0.5, 0.6) is 5.75 Å². The van der Waals surface area contributed by atoms with Crippen LogP contribution >= 0.6 is 10.8 Å². The lowest BCUT2D eigenvalue weighted by atomic mass is 9.93. The van der Waals surface area contributed by atoms with Crippen LogP contribution < -0.4 is 10.1 Å². The van der Waals surface area contributed by atoms with E-state index in [1.807, 2.05) is 30.3 Å². The summed E-state index contributed by atoms with van der Waals surface area (Å²) >= 11 is 0. The van der Waals surface area contributed by atoms with Crippen LogP contribution in [0.4, 0.5) is 5.82 Å². The van der Waals surface area contributed by atoms with Crippen molar-refractivity contribution in [2.75, 3.05) is 25.3 Å². The van der Waals surface area contributed by atoms with Gasteiger partial charge in [0.25, 0.3) is 0 Å². The number of ether oxygens (including phenoxy) is 2. The molecule has 3 aromatic rings. The van der Waals surface area contributed by atoms with Gasteiger partial charge in [0, 0.05) is 20.5 Å². The molecular weight excluding hydrogens is 506 g/mol. The number of aliphatic hydroxyl groups excluding tert-OH is 1. The molecular formula is C28H35N3O6S. The molecule has 204 valence electrons. The number of hydrogen-bond donors (Lipinski definition) is 4. The number of amides is 1. The van der Waals surface area contributed by atoms with Crippen LogP contribution in [0.2, 0.25) is 0 Å². The number of nitrogens with zero attached hydrogens (tertiary/aromatic N) is 2. The first kappa shape index (κ1) is 25.3. The Labute approximate surface area is 225 Å². The van der Waals surface area contributed by atoms with Crippen molar-refractivity contribution in [3.63, 3.8) is 0 Å². The van der Waals surface area contributed by atoms with Crippen molar-refractivity contribution in [2.24, 2.45) is 0 Å². The molecule has 1 amide bonds. The highest BCUT2D eigenvalue weighted by Gasteiger charge is 2.51. The third kappa shape index (κ3) is 4.57. The van der Waals surface area contributed by atoms with Crippen molar-refractivity contribution in [1.82, 2.24) is 9.29 Å². The molecule has 2 aromatic carbocycles. The summed E-state index contributed by atoms with van der Waals surface area (Å²) in [5, 5.41) is 12.6. The van der Waals surface area contributed by atoms with E-state index < -0.39 is 16.2 Å². The fourth-order valence-electron chi connectivity index (χ4n) is 5.31. The van der Waals surface area contributed by atoms with E-state index >= 15 is 0 Å². The third-order valence-corrected chi connectivity index (χ3v) is 9.72. The molecule has 10 heteroatoms. The summed E-state index contributed by atoms with van der Waals surface area (Å²) in [4.78, 5) is 18.4. The van der Waals surface area contributed by atoms with Crippen LogP contribution in [-0.2, 0) is 21.6 Å². The average molecular weight is 542 g/mol. The molecule has 38 heavy (non-hydrogen) atoms. The van der Waals surface area contributed by atoms with Crippen molar-refractivity contribution in [1.29, 1.82) is 0 Å². The number of benzene rings is 2. The standard InChI is InChI=1S/C28H31N3O6S.2H2/c32-16-22-3-2-14-31(22)38(34,35)23-10-7-19(8-11-23)24-4-1-5-26(29-24)30-27(33)28(12-13-28)21-9-6-20-17-36-18-37-25(20)15-21;;/h1,4-11,15,22,32,34-35H,2-3,12-14,16-18H2,(H,29,30,33);2*1H/t22-;;/m1../s1. The molecule has 9 nitrogen and oxygen atoms in total. The minimum atomic E-state index is -3.18. The molecule has 6 rings (SSSR count). The van der Waals surface area contributed by atoms with Gasteiger partial charge in [0.1, 0.15) is 11.6 Å². The summed E-state index contributed by atoms with van der Waals surface area (Å²) < 4.78 is 34.4. The summed E-state index contributed by atoms with van der Waals surface area (Å²) in [5.41, 5.74) is 2.77. The summed E-state index contributed by atoms with van der Waals surface area (Å²) in [6.45, 7) is 1.15. The minimum Gasteiger partial charge on any atom is -0.467 e. The molecule has 3 aliphatic rings. The molecule has 1 saturated heterocycles. The molecule has 0 spiro atoms. The van der Waals surface area contributed by atoms with Gasteiger partial charge in [-0.2, -0.15) is 4.31 Å². The first-order chi connectivity index (χ1) is 18.4. The Morgan fingerprint density at radius 3 is 2.74 bits per heavy atom. The lowest BCUT2D eigenvalue weighted by Gasteiger charge is -2.43. The van der Waals surface area contributed by atoms with E-state index in [1.165, 1.54) is 0 Å². The molecule has 1 atom stereocenters. The van der Waals surface area contributed by atoms with Gasteiger partial charge in [-0.05, 0) is 61.6 Å². The fraction of sp³-hybridized carbons (Fsp3) is 0.357. The number of nitrogens with one attached hydrogen (secondary N) is 1. The molecule has 1 saturated carbocycles. The number of anilines is 1. The Morgan fingerprint density at radius 1 is 1.16 bits per heavy atom. The Bertz CT molecular complexity index is 1360. The van der Waals surface area contributed by atoms with Crippen LogP contribution in [0, 0.1) is 0 Å². The second-order valence-corrected chi connectivity index (χ2v) is 12.0. The number of carbonyl (C=O) groups excluding carboxylic acids is 1. The normalized spacial score (nSPS) is 20.9. The van der Waals surface area contributed by atoms with Crippen molar-refractivity contribution in [3.8, 4) is 17.0 Å². The Balaban J connectivity index is 0.00000185. The third-order valence-electron chi connectivity index (χ3n) is 7.68. The topological polar surface area (TPSA) is 124 Å². The van der Waals surface area contributed by atoms with Gasteiger partial charge in [0.2, 0.25) is 5.91 Å². The van der Waals surface area contributed by atoms with Crippen LogP contribution in [0.3, 0.4) is 0 Å². The molecule has 0 radical (unpaired) electrons. The van der Waals surface area contributed by atoms with Gasteiger partial charge in [-0.1, -0.05) is 30.3 Å². The average Bonchev–Trinajstić information content (AvgIpc) is 3.62. The predicted molar refractivity (Wildman–Crippen MR) is 148 cm³/mol. The van der Waals surface area contributed by atoms with Gasteiger partial charge >= 0.3 is 0 Å². The number of hydrogen-bond acceptors (Lipinski definition) is 8. The first-order valence-electron chi connectivity index (χ1n) is 12.8. The zero-order chi connectivity index (χ0) is 26.3. The maximum absolute atomic E-state index is 13.4. The number of fused-ring (bicyclic) bond motifs is 1. The Hall–Kier alpha value is -2.99. The largest absolute Gasteiger partial charge is 0.467 e. The molecule has 2 fully saturated rings. The van der Waals surface area contributed by atoms with Gasteiger partial charge in [-0.25, -0.2) is 4.98 Å². The minimum absolute atomic E-state index is 0. The Morgan fingerprint density at radius 2 is 1.97 bits per heavy atom. The number of aliphatic hydroxyl groups is 1. The number of rotatable bonds is 7. The quantitative estimate of drug-likeness (QED) is 0.319. The van der Waals surface area contributed by atoms with Gasteiger partial charge in [-0.3, -0.25) is 13.9 Å². The van der Waals surface area contributed by atoms with E-state index in [9.17, 15) is 19.0 Å². The van der Waals surface area contributed by atoms with Crippen LogP contribution in [0.15, 0.2) is 65.6 Å². The highest BCUT2D eigenvalue weighted by atomic mass is 32.3. The van der Waals surface area contributed by atoms with E-state index in [-0.39, 0.29) is 28.2 Å². The maximum Gasteiger partial charge on any atom is 0.236 e. The van der Waals surface area contributed by atoms with Gasteiger partial charge in [0.15, 0.2) is 6.79 Å². The lowest BCUT2D eigenvalue weighted by molar-refractivity contribution is -0.118. The van der Waals surface area contributed by atoms with E-state index in [0.717, 1.165) is 48.1 Å². The second kappa shape index (κ2) is 9.96. The predicted octanol–water partition coefficient (Wildman–Crippen LogP) is 5.26. The maximum atomic E-state index is 13.4. The number of aromatic nitrogens is 1. The van der Waals surface area contributed by atoms with E-state index in [2.05, 4.69) is 10.3 Å². The smallest absolute Gasteiger partial charge is 0.236 e. The van der Waals surface area contributed by atoms with Crippen molar-refractivity contribution in [2.45, 2.75) is 48.6 Å². The van der Waals surface area contributed by atoms with Crippen molar-refractivity contribution in [3.05, 3.63) is 71.8 Å². The Kier molecular flexibility index (Phi) is 6.63. The van der Waals surface area contributed by atoms with Gasteiger partial charge < -0.3 is 19.9 Å². The molecule has 0 unspecified atom stereocenters. The summed E-state index contributed by atoms with van der Waals surface area (Å²) in [7, 11) is -3.18. The molecule has 3 heterocycles. The van der Waals surface area contributed by atoms with E-state index in [4.69, 9.17) is 9.47 Å². The SMILES string of the molecule is O=C(Nc1cccc(-c2ccc(S(O)(O)N3CCC[C@@H]3CO)cc2)n1)C1(c2ccc3c(c2)OCOC3)CC1.[HH].[HH]. The van der Waals surface area contributed by atoms with Crippen molar-refractivity contribution >= 4 is 22.5 Å². The van der Waals surface area contributed by atoms with Crippen molar-refractivity contribution < 1.29 is 31.3 Å². The van der Waals surface area contributed by atoms with Gasteiger partial charge in [0.05, 0.1) is 35.3 Å². The summed E-state index contributed by atoms with van der Waals surface area (Å²) in [5.74, 6) is 1.13. The molecule has 0 bridgehead atoms. The number of carbonyl (C=O) groups is 1. The highest BCUT2D eigenvalue weighted by molar-refractivity contribution is 8.22. The molecule has 4 N–H and O–H groups in total. The monoisotopic (exact) mass is 541 g/mol. The van der Waals surface area contributed by atoms with Crippen LogP contribution in [0.25, 0.3) is 11.3 Å². The first-order valence-corrected chi connectivity index (χ1v) is 14.3. The summed E-state index contributed by atoms with van der Waals surface area (Å²) in [6.07, 6.45) is 3.08. The molecule has 2 aliphatic heterocycles. The summed E-state index contributed by atoms with van der Waals surface area (Å²) in [6, 6.07) is 18.0. The zero-order valence-corrected chi connectivity index (χ0v) is 21.7. The van der Waals surface area contributed by atoms with Crippen LogP contribution in [0.1, 0.15) is 39.7 Å². The van der Waals surface area contributed by atoms with Gasteiger partial charge in [-0.15, -0.1) is 10.8 Å². The molecule has 1 aliphatic carbocycles. The fourth-order valence-corrected chi connectivity index (χ4v) is 7.05. The van der Waals surface area contributed by atoms with E-state index in [1.54, 1.807) is 34.6 Å². The zero-order valence-electron chi connectivity index (χ0n) is 20.9. The highest BCUT2D eigenvalue weighted by Crippen LogP contribution is 2.55. The van der Waals surface area contributed by atoms with Crippen LogP contribution in [-0.4, -0.2) is 55.4 Å². The second-order valence-electron chi connectivity index (χ2n) is 10.0. The van der Waals surface area contributed by atoms with E-state index in [0.29, 0.717) is 29.6 Å². The lowest BCUT2D eigenvalue weighted by Crippen LogP contribution is -2.34.